The first-order valence-electron chi connectivity index (χ1n) is 17.3. The average molecular weight is 794 g/mol. The van der Waals surface area contributed by atoms with Crippen molar-refractivity contribution in [3.8, 4) is 0 Å². The topological polar surface area (TPSA) is 99.2 Å². The van der Waals surface area contributed by atoms with Crippen LogP contribution >= 0.6 is 45.3 Å². The number of thiophene rings is 4. The lowest BCUT2D eigenvalue weighted by Gasteiger charge is -2.27. The van der Waals surface area contributed by atoms with E-state index in [-0.39, 0.29) is 6.04 Å². The summed E-state index contributed by atoms with van der Waals surface area (Å²) < 4.78 is 34.9. The molecule has 0 bridgehead atoms. The lowest BCUT2D eigenvalue weighted by Crippen LogP contribution is -2.35. The molecule has 0 aromatic carbocycles. The fourth-order valence-corrected chi connectivity index (χ4v) is 8.12. The van der Waals surface area contributed by atoms with Gasteiger partial charge in [-0.3, -0.25) is 9.80 Å². The van der Waals surface area contributed by atoms with E-state index < -0.39 is 37.3 Å². The van der Waals surface area contributed by atoms with Gasteiger partial charge in [0.25, 0.3) is 0 Å². The smallest absolute Gasteiger partial charge is 0.412 e. The molecule has 15 heteroatoms. The summed E-state index contributed by atoms with van der Waals surface area (Å²) in [7, 11) is 4.04. The second-order valence-corrected chi connectivity index (χ2v) is 16.4. The maximum atomic E-state index is 13.1. The highest BCUT2D eigenvalue weighted by Gasteiger charge is 2.23. The first kappa shape index (κ1) is 41.9. The molecule has 4 unspecified atom stereocenters. The van der Waals surface area contributed by atoms with Crippen LogP contribution in [-0.4, -0.2) is 85.4 Å². The largest absolute Gasteiger partial charge is 0.420 e. The van der Waals surface area contributed by atoms with Gasteiger partial charge in [-0.25, -0.2) is 9.59 Å². The minimum absolute atomic E-state index is 0.177. The van der Waals surface area contributed by atoms with E-state index in [0.717, 1.165) is 32.4 Å². The van der Waals surface area contributed by atoms with Crippen LogP contribution in [0.1, 0.15) is 60.0 Å². The van der Waals surface area contributed by atoms with Crippen LogP contribution in [0.25, 0.3) is 0 Å². The second-order valence-electron chi connectivity index (χ2n) is 12.3. The predicted molar refractivity (Wildman–Crippen MR) is 207 cm³/mol. The van der Waals surface area contributed by atoms with Crippen molar-refractivity contribution in [3.05, 3.63) is 89.6 Å². The van der Waals surface area contributed by atoms with Crippen LogP contribution in [0.15, 0.2) is 70.1 Å². The molecule has 0 N–H and O–H groups in total. The number of ether oxygens (including phenoxy) is 6. The molecule has 0 aliphatic rings. The third kappa shape index (κ3) is 15.2. The fourth-order valence-electron chi connectivity index (χ4n) is 5.24. The number of carbonyl (C=O) groups is 2. The van der Waals surface area contributed by atoms with Crippen molar-refractivity contribution in [2.75, 3.05) is 27.3 Å². The maximum absolute atomic E-state index is 13.1. The molecule has 4 aromatic heterocycles. The second kappa shape index (κ2) is 22.4. The van der Waals surface area contributed by atoms with Gasteiger partial charge < -0.3 is 33.3 Å². The van der Waals surface area contributed by atoms with Crippen molar-refractivity contribution < 1.29 is 38.0 Å². The van der Waals surface area contributed by atoms with Crippen molar-refractivity contribution in [3.63, 3.8) is 0 Å². The van der Waals surface area contributed by atoms with Gasteiger partial charge in [0.05, 0.1) is 39.4 Å². The molecule has 4 rings (SSSR count). The first-order valence-corrected chi connectivity index (χ1v) is 20.8. The average Bonchev–Trinajstić information content (AvgIpc) is 3.93. The SMILES string of the molecule is CC(OCCC(CCOC(C)OC(C)OC(=O)N(Cc1cccs1)Cc1cccs1)N(C)C)OC(C)OC(=O)N(Cc1cccs1)Cc1cccs1. The summed E-state index contributed by atoms with van der Waals surface area (Å²) in [6.07, 6.45) is -2.13. The lowest BCUT2D eigenvalue weighted by atomic mass is 10.1. The molecule has 52 heavy (non-hydrogen) atoms. The molecule has 286 valence electrons. The summed E-state index contributed by atoms with van der Waals surface area (Å²) in [4.78, 5) is 36.0. The van der Waals surface area contributed by atoms with Gasteiger partial charge in [-0.1, -0.05) is 24.3 Å². The minimum Gasteiger partial charge on any atom is -0.420 e. The number of hydrogen-bond acceptors (Lipinski definition) is 13. The molecule has 4 aromatic rings. The van der Waals surface area contributed by atoms with E-state index in [1.54, 1.807) is 82.8 Å². The van der Waals surface area contributed by atoms with Gasteiger partial charge in [0.2, 0.25) is 12.6 Å². The summed E-state index contributed by atoms with van der Waals surface area (Å²) in [5.74, 6) is 0. The van der Waals surface area contributed by atoms with Crippen molar-refractivity contribution in [2.24, 2.45) is 0 Å². The number of carbonyl (C=O) groups excluding carboxylic acids is 2. The third-order valence-electron chi connectivity index (χ3n) is 7.86. The van der Waals surface area contributed by atoms with E-state index in [1.165, 1.54) is 0 Å². The van der Waals surface area contributed by atoms with Crippen LogP contribution < -0.4 is 0 Å². The van der Waals surface area contributed by atoms with Crippen molar-refractivity contribution in [1.29, 1.82) is 0 Å². The van der Waals surface area contributed by atoms with Crippen LogP contribution in [0.4, 0.5) is 9.59 Å². The van der Waals surface area contributed by atoms with Gasteiger partial charge in [-0.15, -0.1) is 45.3 Å². The third-order valence-corrected chi connectivity index (χ3v) is 11.3. The lowest BCUT2D eigenvalue weighted by molar-refractivity contribution is -0.218. The predicted octanol–water partition coefficient (Wildman–Crippen LogP) is 9.07. The van der Waals surface area contributed by atoms with E-state index in [4.69, 9.17) is 28.4 Å². The number of nitrogens with zero attached hydrogens (tertiary/aromatic N) is 3. The van der Waals surface area contributed by atoms with Gasteiger partial charge in [0.15, 0.2) is 12.6 Å². The Labute approximate surface area is 323 Å². The Hall–Kier alpha value is -2.86. The van der Waals surface area contributed by atoms with Gasteiger partial charge in [-0.05, 0) is 100 Å². The monoisotopic (exact) mass is 793 g/mol. The molecule has 0 fully saturated rings. The number of rotatable bonds is 23. The highest BCUT2D eigenvalue weighted by Crippen LogP contribution is 2.21. The molecule has 0 spiro atoms. The Kier molecular flexibility index (Phi) is 18.0. The standard InChI is InChI=1S/C37H51N3O8S4/c1-27(45-29(3)47-36(41)39(23-32-11-7-19-49-32)24-33-12-8-20-50-33)43-17-15-31(38(5)6)16-18-44-28(2)46-30(4)48-37(42)40(25-34-13-9-21-51-34)26-35-14-10-22-52-35/h7-14,19-22,27-31H,15-18,23-26H2,1-6H3. The van der Waals surface area contributed by atoms with E-state index >= 15 is 0 Å². The molecule has 0 radical (unpaired) electrons. The van der Waals surface area contributed by atoms with Crippen LogP contribution in [0.3, 0.4) is 0 Å². The van der Waals surface area contributed by atoms with Crippen LogP contribution in [0.5, 0.6) is 0 Å². The van der Waals surface area contributed by atoms with E-state index in [1.807, 2.05) is 84.1 Å². The number of amides is 2. The molecule has 0 aliphatic heterocycles. The minimum atomic E-state index is -0.789. The van der Waals surface area contributed by atoms with Crippen molar-refractivity contribution in [1.82, 2.24) is 14.7 Å². The Morgan fingerprint density at radius 2 is 0.885 bits per heavy atom. The Morgan fingerprint density at radius 1 is 0.558 bits per heavy atom. The number of hydrogen-bond donors (Lipinski definition) is 0. The molecule has 4 atom stereocenters. The van der Waals surface area contributed by atoms with Crippen LogP contribution in [-0.2, 0) is 54.6 Å². The van der Waals surface area contributed by atoms with Gasteiger partial charge in [-0.2, -0.15) is 0 Å². The van der Waals surface area contributed by atoms with Crippen molar-refractivity contribution in [2.45, 2.75) is 97.9 Å². The zero-order chi connectivity index (χ0) is 37.3. The molecule has 0 aliphatic carbocycles. The highest BCUT2D eigenvalue weighted by atomic mass is 32.1. The molecule has 2 amide bonds. The first-order chi connectivity index (χ1) is 25.0. The van der Waals surface area contributed by atoms with Crippen LogP contribution in [0.2, 0.25) is 0 Å². The maximum Gasteiger partial charge on any atom is 0.412 e. The molecule has 0 saturated heterocycles. The van der Waals surface area contributed by atoms with E-state index in [9.17, 15) is 9.59 Å². The molecule has 11 nitrogen and oxygen atoms in total. The zero-order valence-electron chi connectivity index (χ0n) is 30.7. The summed E-state index contributed by atoms with van der Waals surface area (Å²) in [5.41, 5.74) is 0. The summed E-state index contributed by atoms with van der Waals surface area (Å²) in [6.45, 7) is 9.73. The zero-order valence-corrected chi connectivity index (χ0v) is 34.0. The van der Waals surface area contributed by atoms with Crippen molar-refractivity contribution >= 4 is 57.5 Å². The quantitative estimate of drug-likeness (QED) is 0.0682. The van der Waals surface area contributed by atoms with Crippen LogP contribution in [0, 0.1) is 0 Å². The van der Waals surface area contributed by atoms with E-state index in [0.29, 0.717) is 39.4 Å². The molecule has 0 saturated carbocycles. The summed E-state index contributed by atoms with van der Waals surface area (Å²) in [6, 6.07) is 16.1. The van der Waals surface area contributed by atoms with Gasteiger partial charge >= 0.3 is 12.2 Å². The fraction of sp³-hybridized carbons (Fsp3) is 0.514. The molecule has 4 heterocycles. The summed E-state index contributed by atoms with van der Waals surface area (Å²) >= 11 is 6.41. The van der Waals surface area contributed by atoms with Gasteiger partial charge in [0.1, 0.15) is 0 Å². The Balaban J connectivity index is 1.13. The van der Waals surface area contributed by atoms with E-state index in [2.05, 4.69) is 4.90 Å². The Morgan fingerprint density at radius 3 is 1.15 bits per heavy atom. The normalized spacial score (nSPS) is 14.4. The van der Waals surface area contributed by atoms with Gasteiger partial charge in [0, 0.05) is 25.6 Å². The summed E-state index contributed by atoms with van der Waals surface area (Å²) in [5, 5.41) is 7.98. The molecular weight excluding hydrogens is 743 g/mol. The molecular formula is C37H51N3O8S4. The highest BCUT2D eigenvalue weighted by molar-refractivity contribution is 7.10. The Bertz CT molecular complexity index is 1340.